The van der Waals surface area contributed by atoms with Gasteiger partial charge in [0.2, 0.25) is 10.0 Å². The van der Waals surface area contributed by atoms with Gasteiger partial charge >= 0.3 is 12.2 Å². The summed E-state index contributed by atoms with van der Waals surface area (Å²) in [5.41, 5.74) is 0.819. The third-order valence-corrected chi connectivity index (χ3v) is 11.3. The molecule has 18 heteroatoms. The summed E-state index contributed by atoms with van der Waals surface area (Å²) in [5, 5.41) is 52.3. The van der Waals surface area contributed by atoms with Crippen molar-refractivity contribution < 1.29 is 56.7 Å². The summed E-state index contributed by atoms with van der Waals surface area (Å²) in [7, 11) is -2.49. The number of carbonyl (C=O) groups is 1. The Bertz CT molecular complexity index is 1880. The molecule has 14 nitrogen and oxygen atoms in total. The number of halogens is 3. The number of para-hydroxylation sites is 1. The summed E-state index contributed by atoms with van der Waals surface area (Å²) >= 11 is 0. The third-order valence-electron chi connectivity index (χ3n) is 9.85. The lowest BCUT2D eigenvalue weighted by atomic mass is 9.93. The molecule has 2 aliphatic carbocycles. The van der Waals surface area contributed by atoms with Gasteiger partial charge in [0.25, 0.3) is 0 Å². The van der Waals surface area contributed by atoms with Gasteiger partial charge in [-0.05, 0) is 92.6 Å². The number of ether oxygens (including phenoxy) is 1. The van der Waals surface area contributed by atoms with E-state index in [1.54, 1.807) is 19.4 Å². The van der Waals surface area contributed by atoms with Crippen molar-refractivity contribution in [2.75, 3.05) is 33.3 Å². The summed E-state index contributed by atoms with van der Waals surface area (Å²) in [6, 6.07) is 11.6. The molecule has 0 radical (unpaired) electrons. The first-order valence-electron chi connectivity index (χ1n) is 18.0. The first-order valence-corrected chi connectivity index (χ1v) is 19.5. The number of aliphatic hydroxyl groups excluding tert-OH is 5. The number of nitrogens with one attached hydrogen (secondary N) is 3. The fourth-order valence-electron chi connectivity index (χ4n) is 6.37. The molecule has 1 heterocycles. The SMILES string of the molecule is CN(Cc1cc(S(=O)(=O)NCCCCNC(=O)NC[C@H](O)[C@@H](O)[C@H](O)[C@H](O)CO)ccc1C(F)(F)F)C1(c2cnccc2-c2ccccc2OC2CC2)CC1. The number of amides is 2. The van der Waals surface area contributed by atoms with E-state index < -0.39 is 70.9 Å². The van der Waals surface area contributed by atoms with Crippen molar-refractivity contribution >= 4 is 16.1 Å². The number of unbranched alkanes of at least 4 members (excludes halogenated alkanes) is 1. The average molecular weight is 796 g/mol. The number of aliphatic hydroxyl groups is 5. The van der Waals surface area contributed by atoms with Crippen LogP contribution in [-0.2, 0) is 28.3 Å². The maximum absolute atomic E-state index is 14.3. The van der Waals surface area contributed by atoms with Crippen molar-refractivity contribution in [3.8, 4) is 16.9 Å². The number of hydrogen-bond acceptors (Lipinski definition) is 11. The normalized spacial score (nSPS) is 17.6. The molecule has 0 unspecified atom stereocenters. The van der Waals surface area contributed by atoms with Gasteiger partial charge in [0.15, 0.2) is 0 Å². The summed E-state index contributed by atoms with van der Waals surface area (Å²) in [5.74, 6) is 0.729. The lowest BCUT2D eigenvalue weighted by molar-refractivity contribution is -0.138. The Balaban J connectivity index is 1.19. The van der Waals surface area contributed by atoms with Crippen LogP contribution in [0.1, 0.15) is 55.2 Å². The molecule has 2 saturated carbocycles. The van der Waals surface area contributed by atoms with Crippen molar-refractivity contribution in [3.05, 3.63) is 77.6 Å². The van der Waals surface area contributed by atoms with E-state index in [-0.39, 0.29) is 42.6 Å². The Hall–Kier alpha value is -3.88. The topological polar surface area (TPSA) is 214 Å². The predicted molar refractivity (Wildman–Crippen MR) is 194 cm³/mol. The van der Waals surface area contributed by atoms with Crippen LogP contribution >= 0.6 is 0 Å². The number of alkyl halides is 3. The molecule has 5 rings (SSSR count). The molecule has 3 aromatic rings. The molecule has 2 fully saturated rings. The molecule has 1 aromatic heterocycles. The van der Waals surface area contributed by atoms with Crippen molar-refractivity contribution in [2.45, 2.75) is 92.2 Å². The van der Waals surface area contributed by atoms with Crippen LogP contribution in [0.3, 0.4) is 0 Å². The third kappa shape index (κ3) is 10.7. The second kappa shape index (κ2) is 17.9. The van der Waals surface area contributed by atoms with E-state index in [9.17, 15) is 46.8 Å². The number of aromatic nitrogens is 1. The van der Waals surface area contributed by atoms with Crippen molar-refractivity contribution in [2.24, 2.45) is 0 Å². The van der Waals surface area contributed by atoms with Crippen molar-refractivity contribution in [1.29, 1.82) is 0 Å². The van der Waals surface area contributed by atoms with Gasteiger partial charge in [0.05, 0.1) is 29.3 Å². The van der Waals surface area contributed by atoms with E-state index in [4.69, 9.17) is 9.84 Å². The van der Waals surface area contributed by atoms with Gasteiger partial charge in [-0.15, -0.1) is 0 Å². The summed E-state index contributed by atoms with van der Waals surface area (Å²) in [6.07, 6.45) is -4.34. The van der Waals surface area contributed by atoms with Gasteiger partial charge in [-0.2, -0.15) is 13.2 Å². The fourth-order valence-corrected chi connectivity index (χ4v) is 7.49. The minimum Gasteiger partial charge on any atom is -0.490 e. The van der Waals surface area contributed by atoms with Crippen LogP contribution in [-0.4, -0.2) is 114 Å². The number of hydrogen-bond donors (Lipinski definition) is 8. The maximum atomic E-state index is 14.3. The minimum atomic E-state index is -4.73. The minimum absolute atomic E-state index is 0.0727. The molecular formula is C37H48F3N5O9S. The molecular weight excluding hydrogens is 747 g/mol. The predicted octanol–water partition coefficient (Wildman–Crippen LogP) is 2.22. The molecule has 302 valence electrons. The number of pyridine rings is 1. The highest BCUT2D eigenvalue weighted by molar-refractivity contribution is 7.89. The zero-order valence-electron chi connectivity index (χ0n) is 30.2. The van der Waals surface area contributed by atoms with Crippen LogP contribution in [0.5, 0.6) is 5.75 Å². The largest absolute Gasteiger partial charge is 0.490 e. The number of benzene rings is 2. The first-order chi connectivity index (χ1) is 26.1. The molecule has 55 heavy (non-hydrogen) atoms. The monoisotopic (exact) mass is 795 g/mol. The second-order valence-electron chi connectivity index (χ2n) is 14.0. The van der Waals surface area contributed by atoms with Gasteiger partial charge in [-0.3, -0.25) is 9.88 Å². The maximum Gasteiger partial charge on any atom is 0.416 e. The van der Waals surface area contributed by atoms with E-state index in [1.807, 2.05) is 35.2 Å². The molecule has 0 spiro atoms. The molecule has 2 aromatic carbocycles. The number of urea groups is 1. The molecule has 0 saturated heterocycles. The van der Waals surface area contributed by atoms with Gasteiger partial charge in [0.1, 0.15) is 24.1 Å². The Morgan fingerprint density at radius 2 is 1.67 bits per heavy atom. The highest BCUT2D eigenvalue weighted by Crippen LogP contribution is 2.54. The molecule has 8 N–H and O–H groups in total. The molecule has 0 bridgehead atoms. The molecule has 2 amide bonds. The fraction of sp³-hybridized carbons (Fsp3) is 0.514. The highest BCUT2D eigenvalue weighted by atomic mass is 32.2. The standard InChI is InChI=1S/C37H48F3N5O9S/c1-45(36(13-14-36)29-19-41-17-12-26(29)27-6-2-3-7-32(27)54-24-8-9-24)21-23-18-25(10-11-28(23)37(38,39)40)55(52,53)44-16-5-4-15-42-35(51)43-20-30(47)33(49)34(50)31(48)22-46/h2-3,6-7,10-12,17-19,24,30-31,33-34,44,46-50H,4-5,8-9,13-16,20-22H2,1H3,(H2,42,43,51)/t30-,31+,33+,34+/m0/s1. The van der Waals surface area contributed by atoms with Gasteiger partial charge in [0, 0.05) is 49.7 Å². The lowest BCUT2D eigenvalue weighted by Crippen LogP contribution is -2.50. The van der Waals surface area contributed by atoms with Crippen molar-refractivity contribution in [1.82, 2.24) is 25.2 Å². The number of rotatable bonds is 20. The van der Waals surface area contributed by atoms with Gasteiger partial charge in [-0.25, -0.2) is 17.9 Å². The quantitative estimate of drug-likeness (QED) is 0.0777. The summed E-state index contributed by atoms with van der Waals surface area (Å²) < 4.78 is 77.9. The van der Waals surface area contributed by atoms with Gasteiger partial charge in [-0.1, -0.05) is 18.2 Å². The second-order valence-corrected chi connectivity index (χ2v) is 15.7. The van der Waals surface area contributed by atoms with Crippen LogP contribution in [0.25, 0.3) is 11.1 Å². The highest BCUT2D eigenvalue weighted by Gasteiger charge is 2.50. The Morgan fingerprint density at radius 3 is 2.35 bits per heavy atom. The van der Waals surface area contributed by atoms with Crippen LogP contribution in [0.2, 0.25) is 0 Å². The van der Waals surface area contributed by atoms with Crippen molar-refractivity contribution in [3.63, 3.8) is 0 Å². The van der Waals surface area contributed by atoms with Crippen LogP contribution in [0.4, 0.5) is 18.0 Å². The average Bonchev–Trinajstić information content (AvgIpc) is 4.11. The number of carbonyl (C=O) groups excluding carboxylic acids is 1. The number of nitrogens with zero attached hydrogens (tertiary/aromatic N) is 2. The molecule has 4 atom stereocenters. The Kier molecular flexibility index (Phi) is 13.8. The van der Waals surface area contributed by atoms with Crippen LogP contribution in [0, 0.1) is 0 Å². The van der Waals surface area contributed by atoms with Crippen LogP contribution in [0.15, 0.2) is 65.8 Å². The Morgan fingerprint density at radius 1 is 0.982 bits per heavy atom. The van der Waals surface area contributed by atoms with E-state index in [0.29, 0.717) is 19.3 Å². The van der Waals surface area contributed by atoms with E-state index >= 15 is 0 Å². The molecule has 2 aliphatic rings. The van der Waals surface area contributed by atoms with E-state index in [2.05, 4.69) is 20.3 Å². The summed E-state index contributed by atoms with van der Waals surface area (Å²) in [6.45, 7) is -1.50. The number of sulfonamides is 1. The lowest BCUT2D eigenvalue weighted by Gasteiger charge is -2.31. The van der Waals surface area contributed by atoms with E-state index in [0.717, 1.165) is 53.5 Å². The first kappa shape index (κ1) is 42.3. The zero-order chi connectivity index (χ0) is 40.0. The smallest absolute Gasteiger partial charge is 0.416 e. The van der Waals surface area contributed by atoms with E-state index in [1.165, 1.54) is 0 Å². The molecule has 0 aliphatic heterocycles. The van der Waals surface area contributed by atoms with Gasteiger partial charge < -0.3 is 40.9 Å². The zero-order valence-corrected chi connectivity index (χ0v) is 31.1. The Labute approximate surface area is 317 Å². The van der Waals surface area contributed by atoms with Crippen LogP contribution < -0.4 is 20.1 Å². The summed E-state index contributed by atoms with van der Waals surface area (Å²) in [4.78, 5) is 17.9.